The van der Waals surface area contributed by atoms with E-state index in [0.29, 0.717) is 6.61 Å². The van der Waals surface area contributed by atoms with Gasteiger partial charge in [-0.2, -0.15) is 0 Å². The number of rotatable bonds is 9. The van der Waals surface area contributed by atoms with E-state index in [0.717, 1.165) is 44.2 Å². The van der Waals surface area contributed by atoms with Crippen LogP contribution in [0.4, 0.5) is 5.82 Å². The zero-order valence-electron chi connectivity index (χ0n) is 11.8. The quantitative estimate of drug-likeness (QED) is 0.685. The highest BCUT2D eigenvalue weighted by Crippen LogP contribution is 2.20. The minimum atomic E-state index is 0.666. The van der Waals surface area contributed by atoms with Crippen LogP contribution in [0.25, 0.3) is 0 Å². The maximum absolute atomic E-state index is 5.52. The fourth-order valence-electron chi connectivity index (χ4n) is 1.84. The number of aromatic nitrogens is 1. The van der Waals surface area contributed by atoms with Crippen LogP contribution in [0, 0.1) is 0 Å². The van der Waals surface area contributed by atoms with Gasteiger partial charge in [-0.3, -0.25) is 0 Å². The third-order valence-electron chi connectivity index (χ3n) is 2.91. The molecule has 1 rings (SSSR count). The van der Waals surface area contributed by atoms with Crippen LogP contribution in [0.5, 0.6) is 5.75 Å². The van der Waals surface area contributed by atoms with Gasteiger partial charge in [0.05, 0.1) is 6.61 Å². The van der Waals surface area contributed by atoms with Gasteiger partial charge in [-0.05, 0) is 45.1 Å². The molecule has 4 nitrogen and oxygen atoms in total. The van der Waals surface area contributed by atoms with Gasteiger partial charge < -0.3 is 15.0 Å². The molecule has 0 radical (unpaired) electrons. The summed E-state index contributed by atoms with van der Waals surface area (Å²) in [5.41, 5.74) is 0. The van der Waals surface area contributed by atoms with Crippen LogP contribution in [-0.2, 0) is 0 Å². The molecule has 0 saturated heterocycles. The van der Waals surface area contributed by atoms with Gasteiger partial charge in [0, 0.05) is 12.7 Å². The van der Waals surface area contributed by atoms with Gasteiger partial charge in [-0.15, -0.1) is 0 Å². The third-order valence-corrected chi connectivity index (χ3v) is 2.91. The Hall–Kier alpha value is -1.29. The van der Waals surface area contributed by atoms with E-state index < -0.39 is 0 Å². The second kappa shape index (κ2) is 8.75. The van der Waals surface area contributed by atoms with Crippen molar-refractivity contribution in [3.8, 4) is 5.75 Å². The molecule has 1 aromatic heterocycles. The maximum Gasteiger partial charge on any atom is 0.168 e. The van der Waals surface area contributed by atoms with Crippen molar-refractivity contribution in [2.45, 2.75) is 27.2 Å². The monoisotopic (exact) mass is 251 g/mol. The summed E-state index contributed by atoms with van der Waals surface area (Å²) in [5.74, 6) is 1.68. The van der Waals surface area contributed by atoms with Crippen molar-refractivity contribution in [3.63, 3.8) is 0 Å². The summed E-state index contributed by atoms with van der Waals surface area (Å²) in [5, 5.41) is 3.34. The summed E-state index contributed by atoms with van der Waals surface area (Å²) in [6, 6.07) is 3.84. The van der Waals surface area contributed by atoms with E-state index in [1.54, 1.807) is 6.20 Å². The normalized spacial score (nSPS) is 10.7. The zero-order valence-corrected chi connectivity index (χ0v) is 11.8. The van der Waals surface area contributed by atoms with Crippen LogP contribution in [0.15, 0.2) is 18.3 Å². The van der Waals surface area contributed by atoms with Crippen LogP contribution in [0.1, 0.15) is 27.2 Å². The number of anilines is 1. The molecule has 0 bridgehead atoms. The standard InChI is InChI=1S/C14H25N3O/c1-4-17(5-2)12-8-11-16-14-13(18-6-3)9-7-10-15-14/h7,9-10H,4-6,8,11-12H2,1-3H3,(H,15,16). The van der Waals surface area contributed by atoms with Crippen LogP contribution in [-0.4, -0.2) is 42.7 Å². The first-order chi connectivity index (χ1) is 8.81. The van der Waals surface area contributed by atoms with Crippen molar-refractivity contribution in [1.29, 1.82) is 0 Å². The van der Waals surface area contributed by atoms with Crippen LogP contribution in [0.3, 0.4) is 0 Å². The molecule has 0 aliphatic rings. The number of hydrogen-bond donors (Lipinski definition) is 1. The molecule has 4 heteroatoms. The molecule has 1 heterocycles. The molecule has 0 fully saturated rings. The third kappa shape index (κ3) is 4.92. The van der Waals surface area contributed by atoms with E-state index in [9.17, 15) is 0 Å². The van der Waals surface area contributed by atoms with Gasteiger partial charge in [-0.25, -0.2) is 4.98 Å². The zero-order chi connectivity index (χ0) is 13.2. The molecule has 0 spiro atoms. The van der Waals surface area contributed by atoms with Gasteiger partial charge in [0.25, 0.3) is 0 Å². The average Bonchev–Trinajstić information content (AvgIpc) is 2.41. The molecule has 0 aliphatic carbocycles. The SMILES string of the molecule is CCOc1cccnc1NCCCN(CC)CC. The first-order valence-electron chi connectivity index (χ1n) is 6.85. The highest BCUT2D eigenvalue weighted by molar-refractivity contribution is 5.49. The largest absolute Gasteiger partial charge is 0.490 e. The minimum absolute atomic E-state index is 0.666. The fraction of sp³-hybridized carbons (Fsp3) is 0.643. The number of ether oxygens (including phenoxy) is 1. The number of nitrogens with one attached hydrogen (secondary N) is 1. The summed E-state index contributed by atoms with van der Waals surface area (Å²) < 4.78 is 5.52. The number of hydrogen-bond acceptors (Lipinski definition) is 4. The molecule has 0 atom stereocenters. The molecule has 0 amide bonds. The molecular formula is C14H25N3O. The van der Waals surface area contributed by atoms with Crippen molar-refractivity contribution in [2.75, 3.05) is 38.1 Å². The van der Waals surface area contributed by atoms with E-state index in [1.807, 2.05) is 19.1 Å². The van der Waals surface area contributed by atoms with Gasteiger partial charge >= 0.3 is 0 Å². The lowest BCUT2D eigenvalue weighted by atomic mass is 10.3. The van der Waals surface area contributed by atoms with Crippen LogP contribution in [0.2, 0.25) is 0 Å². The van der Waals surface area contributed by atoms with E-state index in [-0.39, 0.29) is 0 Å². The smallest absolute Gasteiger partial charge is 0.168 e. The Bertz CT molecular complexity index is 327. The highest BCUT2D eigenvalue weighted by Gasteiger charge is 2.03. The summed E-state index contributed by atoms with van der Waals surface area (Å²) >= 11 is 0. The Kier molecular flexibility index (Phi) is 7.18. The topological polar surface area (TPSA) is 37.4 Å². The Labute approximate surface area is 110 Å². The molecule has 18 heavy (non-hydrogen) atoms. The summed E-state index contributed by atoms with van der Waals surface area (Å²) in [6.45, 7) is 11.3. The molecular weight excluding hydrogens is 226 g/mol. The van der Waals surface area contributed by atoms with Gasteiger partial charge in [-0.1, -0.05) is 13.8 Å². The van der Waals surface area contributed by atoms with E-state index in [2.05, 4.69) is 29.0 Å². The molecule has 0 aliphatic heterocycles. The van der Waals surface area contributed by atoms with Crippen LogP contribution >= 0.6 is 0 Å². The number of nitrogens with zero attached hydrogens (tertiary/aromatic N) is 2. The molecule has 1 aromatic rings. The molecule has 102 valence electrons. The first-order valence-corrected chi connectivity index (χ1v) is 6.85. The minimum Gasteiger partial charge on any atom is -0.490 e. The lowest BCUT2D eigenvalue weighted by Crippen LogP contribution is -2.25. The van der Waals surface area contributed by atoms with Gasteiger partial charge in [0.1, 0.15) is 0 Å². The Morgan fingerprint density at radius 2 is 2.06 bits per heavy atom. The second-order valence-corrected chi connectivity index (χ2v) is 4.09. The summed E-state index contributed by atoms with van der Waals surface area (Å²) in [6.07, 6.45) is 2.90. The Balaban J connectivity index is 2.34. The summed E-state index contributed by atoms with van der Waals surface area (Å²) in [7, 11) is 0. The summed E-state index contributed by atoms with van der Waals surface area (Å²) in [4.78, 5) is 6.72. The molecule has 0 aromatic carbocycles. The predicted octanol–water partition coefficient (Wildman–Crippen LogP) is 2.62. The van der Waals surface area contributed by atoms with E-state index in [4.69, 9.17) is 4.74 Å². The molecule has 1 N–H and O–H groups in total. The van der Waals surface area contributed by atoms with Gasteiger partial charge in [0.15, 0.2) is 11.6 Å². The molecule has 0 unspecified atom stereocenters. The average molecular weight is 251 g/mol. The fourth-order valence-corrected chi connectivity index (χ4v) is 1.84. The number of pyridine rings is 1. The van der Waals surface area contributed by atoms with Crippen molar-refractivity contribution in [3.05, 3.63) is 18.3 Å². The predicted molar refractivity (Wildman–Crippen MR) is 76.3 cm³/mol. The Morgan fingerprint density at radius 1 is 1.28 bits per heavy atom. The van der Waals surface area contributed by atoms with Crippen molar-refractivity contribution >= 4 is 5.82 Å². The van der Waals surface area contributed by atoms with Gasteiger partial charge in [0.2, 0.25) is 0 Å². The van der Waals surface area contributed by atoms with E-state index >= 15 is 0 Å². The van der Waals surface area contributed by atoms with Crippen molar-refractivity contribution in [1.82, 2.24) is 9.88 Å². The molecule has 0 saturated carbocycles. The first kappa shape index (κ1) is 14.8. The second-order valence-electron chi connectivity index (χ2n) is 4.09. The lowest BCUT2D eigenvalue weighted by Gasteiger charge is -2.18. The van der Waals surface area contributed by atoms with Crippen molar-refractivity contribution < 1.29 is 4.74 Å². The van der Waals surface area contributed by atoms with Crippen LogP contribution < -0.4 is 10.1 Å². The van der Waals surface area contributed by atoms with E-state index in [1.165, 1.54) is 0 Å². The van der Waals surface area contributed by atoms with Crippen molar-refractivity contribution in [2.24, 2.45) is 0 Å². The Morgan fingerprint density at radius 3 is 2.72 bits per heavy atom. The highest BCUT2D eigenvalue weighted by atomic mass is 16.5. The maximum atomic E-state index is 5.52. The lowest BCUT2D eigenvalue weighted by molar-refractivity contribution is 0.302.